The van der Waals surface area contributed by atoms with Gasteiger partial charge in [0.2, 0.25) is 0 Å². The summed E-state index contributed by atoms with van der Waals surface area (Å²) in [5.41, 5.74) is 0.473. The number of amides is 1. The van der Waals surface area contributed by atoms with E-state index in [0.29, 0.717) is 18.7 Å². The average molecular weight is 466 g/mol. The molecule has 1 heterocycles. The van der Waals surface area contributed by atoms with E-state index in [1.165, 1.54) is 17.0 Å². The molecule has 1 aliphatic rings. The van der Waals surface area contributed by atoms with Gasteiger partial charge in [0.15, 0.2) is 0 Å². The average Bonchev–Trinajstić information content (AvgIpc) is 2.44. The van der Waals surface area contributed by atoms with Crippen LogP contribution < -0.4 is 0 Å². The van der Waals surface area contributed by atoms with Crippen LogP contribution in [0.3, 0.4) is 0 Å². The van der Waals surface area contributed by atoms with E-state index in [4.69, 9.17) is 5.11 Å². The van der Waals surface area contributed by atoms with Gasteiger partial charge in [0, 0.05) is 0 Å². The summed E-state index contributed by atoms with van der Waals surface area (Å²) < 4.78 is 27.2. The van der Waals surface area contributed by atoms with Crippen molar-refractivity contribution in [3.05, 3.63) is 35.4 Å². The Bertz CT molecular complexity index is 581. The summed E-state index contributed by atoms with van der Waals surface area (Å²) in [5.74, 6) is -3.66. The van der Waals surface area contributed by atoms with E-state index < -0.39 is 23.5 Å². The van der Waals surface area contributed by atoms with Crippen LogP contribution in [0.2, 0.25) is 0 Å². The molecule has 1 aliphatic heterocycles. The molecule has 0 atom stereocenters. The van der Waals surface area contributed by atoms with Crippen LogP contribution >= 0.6 is 0 Å². The fourth-order valence-corrected chi connectivity index (χ4v) is 3.19. The Labute approximate surface area is 130 Å². The Morgan fingerprint density at radius 2 is 1.48 bits per heavy atom. The molecule has 0 bridgehead atoms. The van der Waals surface area contributed by atoms with E-state index in [0.717, 1.165) is 29.4 Å². The maximum absolute atomic E-state index is 13.2. The van der Waals surface area contributed by atoms with Gasteiger partial charge in [0.25, 0.3) is 0 Å². The second-order valence-electron chi connectivity index (χ2n) is 4.55. The molecule has 1 fully saturated rings. The van der Waals surface area contributed by atoms with Crippen LogP contribution in [-0.4, -0.2) is 57.0 Å². The van der Waals surface area contributed by atoms with E-state index in [1.807, 2.05) is 4.90 Å². The third-order valence-electron chi connectivity index (χ3n) is 3.15. The summed E-state index contributed by atoms with van der Waals surface area (Å²) in [5, 5.41) is 8.66. The van der Waals surface area contributed by atoms with Crippen LogP contribution in [0.15, 0.2) is 18.2 Å². The van der Waals surface area contributed by atoms with Crippen molar-refractivity contribution in [1.82, 2.24) is 9.80 Å². The normalized spacial score (nSPS) is 15.8. The molecule has 5 nitrogen and oxygen atoms in total. The molecule has 1 aromatic carbocycles. The van der Waals surface area contributed by atoms with Crippen molar-refractivity contribution >= 4 is 15.9 Å². The number of benzene rings is 1. The first-order valence-corrected chi connectivity index (χ1v) is 7.62. The molecule has 2 rings (SSSR count). The molecule has 1 amide bonds. The summed E-state index contributed by atoms with van der Waals surface area (Å²) in [6.07, 6.45) is 0. The van der Waals surface area contributed by atoms with Crippen LogP contribution in [0.5, 0.6) is 0 Å². The molecule has 112 valence electrons. The number of halogens is 2. The molecular weight excluding hydrogens is 454 g/mol. The van der Waals surface area contributed by atoms with E-state index >= 15 is 0 Å². The van der Waals surface area contributed by atoms with Gasteiger partial charge in [-0.15, -0.1) is 0 Å². The summed E-state index contributed by atoms with van der Waals surface area (Å²) >= 11 is 1.05. The fourth-order valence-electron chi connectivity index (χ4n) is 2.11. The number of hydrogen-bond donors (Lipinski definition) is 1. The van der Waals surface area contributed by atoms with Crippen molar-refractivity contribution in [2.45, 2.75) is 0 Å². The summed E-state index contributed by atoms with van der Waals surface area (Å²) in [4.78, 5) is 25.1. The molecule has 0 aromatic heterocycles. The number of aliphatic carboxylic acids is 1. The van der Waals surface area contributed by atoms with Crippen LogP contribution in [0.4, 0.5) is 8.78 Å². The Kier molecular flexibility index (Phi) is 4.95. The third kappa shape index (κ3) is 3.80. The Morgan fingerprint density at radius 1 is 1.00 bits per heavy atom. The zero-order valence-electron chi connectivity index (χ0n) is 10.9. The van der Waals surface area contributed by atoms with Crippen LogP contribution in [0, 0.1) is 11.6 Å². The molecule has 0 unspecified atom stereocenters. The number of carboxylic acids is 1. The van der Waals surface area contributed by atoms with Gasteiger partial charge in [-0.25, -0.2) is 0 Å². The predicted octanol–water partition coefficient (Wildman–Crippen LogP) is 0.218. The van der Waals surface area contributed by atoms with Crippen molar-refractivity contribution in [2.75, 3.05) is 26.2 Å². The van der Waals surface area contributed by atoms with Crippen molar-refractivity contribution in [3.8, 4) is 0 Å². The molecule has 1 saturated heterocycles. The van der Waals surface area contributed by atoms with E-state index in [-0.39, 0.29) is 13.1 Å². The van der Waals surface area contributed by atoms with E-state index in [1.54, 1.807) is 0 Å². The molecule has 0 spiro atoms. The number of rotatable bonds is 2. The SMILES string of the molecule is O=C(O)C(=O)N1CCN([C](=[W])c2cc(F)cc(F)c2)CC1. The Balaban J connectivity index is 2.03. The number of hydrogen-bond acceptors (Lipinski definition) is 3. The van der Waals surface area contributed by atoms with E-state index in [2.05, 4.69) is 0 Å². The summed E-state index contributed by atoms with van der Waals surface area (Å²) in [6.45, 7) is 1.44. The molecule has 0 radical (unpaired) electrons. The van der Waals surface area contributed by atoms with Gasteiger partial charge in [-0.1, -0.05) is 0 Å². The van der Waals surface area contributed by atoms with Gasteiger partial charge in [-0.2, -0.15) is 0 Å². The number of carbonyl (C=O) groups excluding carboxylic acids is 1. The standard InChI is InChI=1S/C13H12F2N2O3.W/c14-10-5-9(6-11(15)7-10)8-16-1-3-17(4-2-16)12(18)13(19)20;/h5-7H,1-4H2,(H,19,20);. The number of piperazine rings is 1. The van der Waals surface area contributed by atoms with Crippen molar-refractivity contribution in [2.24, 2.45) is 0 Å². The van der Waals surface area contributed by atoms with Gasteiger partial charge in [0.05, 0.1) is 0 Å². The van der Waals surface area contributed by atoms with E-state index in [9.17, 15) is 18.4 Å². The Morgan fingerprint density at radius 3 is 1.95 bits per heavy atom. The van der Waals surface area contributed by atoms with Crippen molar-refractivity contribution in [1.29, 1.82) is 0 Å². The fraction of sp³-hybridized carbons (Fsp3) is 0.308. The number of carboxylic acid groups (broad SMARTS) is 1. The van der Waals surface area contributed by atoms with Gasteiger partial charge in [-0.05, 0) is 0 Å². The second kappa shape index (κ2) is 6.54. The molecule has 1 aromatic rings. The second-order valence-corrected chi connectivity index (χ2v) is 5.94. The van der Waals surface area contributed by atoms with Crippen molar-refractivity contribution in [3.63, 3.8) is 0 Å². The Hall–Kier alpha value is -1.46. The van der Waals surface area contributed by atoms with Gasteiger partial charge < -0.3 is 0 Å². The molecule has 0 aliphatic carbocycles. The minimum atomic E-state index is -1.47. The zero-order valence-corrected chi connectivity index (χ0v) is 13.8. The summed E-state index contributed by atoms with van der Waals surface area (Å²) in [6, 6.07) is 3.34. The molecule has 21 heavy (non-hydrogen) atoms. The van der Waals surface area contributed by atoms with Crippen molar-refractivity contribution < 1.29 is 42.8 Å². The third-order valence-corrected chi connectivity index (χ3v) is 4.92. The van der Waals surface area contributed by atoms with Gasteiger partial charge in [0.1, 0.15) is 0 Å². The molecule has 0 saturated carbocycles. The first-order valence-electron chi connectivity index (χ1n) is 6.16. The molecule has 1 N–H and O–H groups in total. The maximum atomic E-state index is 13.2. The monoisotopic (exact) mass is 466 g/mol. The topological polar surface area (TPSA) is 60.9 Å². The first-order chi connectivity index (χ1) is 9.88. The van der Waals surface area contributed by atoms with Gasteiger partial charge >= 0.3 is 130 Å². The molecular formula is C13H12F2N2O3W. The van der Waals surface area contributed by atoms with Crippen LogP contribution in [-0.2, 0) is 28.9 Å². The number of nitrogens with zero attached hydrogens (tertiary/aromatic N) is 2. The predicted molar refractivity (Wildman–Crippen MR) is 66.3 cm³/mol. The number of carbonyl (C=O) groups is 2. The molecule has 8 heteroatoms. The van der Waals surface area contributed by atoms with Gasteiger partial charge in [-0.3, -0.25) is 0 Å². The van der Waals surface area contributed by atoms with Crippen LogP contribution in [0.25, 0.3) is 0 Å². The quantitative estimate of drug-likeness (QED) is 0.635. The first kappa shape index (κ1) is 15.9. The van der Waals surface area contributed by atoms with Crippen LogP contribution in [0.1, 0.15) is 5.56 Å². The minimum absolute atomic E-state index is 0.277. The zero-order chi connectivity index (χ0) is 15.6. The summed E-state index contributed by atoms with van der Waals surface area (Å²) in [7, 11) is 0.